The summed E-state index contributed by atoms with van der Waals surface area (Å²) < 4.78 is 0. The fourth-order valence-corrected chi connectivity index (χ4v) is 2.51. The smallest absolute Gasteiger partial charge is 0.253 e. The normalized spacial score (nSPS) is 16.7. The first-order chi connectivity index (χ1) is 10.2. The quantitative estimate of drug-likeness (QED) is 0.769. The number of hydrogen-bond donors (Lipinski definition) is 2. The molecule has 2 heterocycles. The third-order valence-corrected chi connectivity index (χ3v) is 3.68. The van der Waals surface area contributed by atoms with Crippen molar-refractivity contribution in [2.24, 2.45) is 5.92 Å². The lowest BCUT2D eigenvalue weighted by Crippen LogP contribution is -2.46. The van der Waals surface area contributed by atoms with Crippen molar-refractivity contribution in [3.8, 4) is 0 Å². The number of aromatic nitrogens is 1. The molecule has 1 aliphatic rings. The van der Waals surface area contributed by atoms with Crippen LogP contribution in [0.1, 0.15) is 23.2 Å². The Morgan fingerprint density at radius 3 is 2.61 bits per heavy atom. The first-order valence-electron chi connectivity index (χ1n) is 7.34. The molecule has 0 aliphatic carbocycles. The molecule has 1 aliphatic heterocycles. The van der Waals surface area contributed by atoms with E-state index in [1.165, 1.54) is 0 Å². The minimum atomic E-state index is -0.110. The molecule has 0 aromatic carbocycles. The number of carbonyl (C=O) groups excluding carboxylic acids is 2. The predicted molar refractivity (Wildman–Crippen MR) is 94.3 cm³/mol. The van der Waals surface area contributed by atoms with Crippen molar-refractivity contribution in [2.45, 2.75) is 12.8 Å². The number of nitrogens with one attached hydrogen (secondary N) is 2. The molecule has 1 aromatic rings. The number of likely N-dealkylation sites (N-methyl/N-ethyl adjacent to an activating group) is 1. The van der Waals surface area contributed by atoms with Gasteiger partial charge in [-0.05, 0) is 32.0 Å². The van der Waals surface area contributed by atoms with Crippen molar-refractivity contribution in [1.82, 2.24) is 20.5 Å². The number of nitrogens with zero attached hydrogens (tertiary/aromatic N) is 2. The Hall–Kier alpha value is -1.37. The van der Waals surface area contributed by atoms with Crippen LogP contribution in [0.2, 0.25) is 0 Å². The van der Waals surface area contributed by atoms with E-state index in [9.17, 15) is 9.59 Å². The maximum atomic E-state index is 12.4. The molecule has 6 nitrogen and oxygen atoms in total. The zero-order valence-electron chi connectivity index (χ0n) is 13.2. The molecule has 130 valence electrons. The van der Waals surface area contributed by atoms with Crippen LogP contribution in [0.3, 0.4) is 0 Å². The number of halogens is 2. The van der Waals surface area contributed by atoms with Gasteiger partial charge in [-0.15, -0.1) is 24.8 Å². The Morgan fingerprint density at radius 1 is 1.26 bits per heavy atom. The topological polar surface area (TPSA) is 74.3 Å². The van der Waals surface area contributed by atoms with E-state index in [-0.39, 0.29) is 42.5 Å². The van der Waals surface area contributed by atoms with E-state index >= 15 is 0 Å². The zero-order valence-corrected chi connectivity index (χ0v) is 14.8. The molecular weight excluding hydrogens is 339 g/mol. The number of carbonyl (C=O) groups is 2. The van der Waals surface area contributed by atoms with E-state index < -0.39 is 0 Å². The van der Waals surface area contributed by atoms with Gasteiger partial charge < -0.3 is 15.5 Å². The monoisotopic (exact) mass is 362 g/mol. The lowest BCUT2D eigenvalue weighted by Gasteiger charge is -2.32. The van der Waals surface area contributed by atoms with Gasteiger partial charge >= 0.3 is 0 Å². The van der Waals surface area contributed by atoms with Gasteiger partial charge in [-0.2, -0.15) is 0 Å². The Labute approximate surface area is 149 Å². The third-order valence-electron chi connectivity index (χ3n) is 3.68. The van der Waals surface area contributed by atoms with Crippen molar-refractivity contribution in [2.75, 3.05) is 33.2 Å². The molecule has 2 amide bonds. The number of hydrogen-bond acceptors (Lipinski definition) is 4. The fraction of sp³-hybridized carbons (Fsp3) is 0.533. The molecular formula is C15H24Cl2N4O2. The van der Waals surface area contributed by atoms with Gasteiger partial charge in [0.15, 0.2) is 0 Å². The van der Waals surface area contributed by atoms with Crippen LogP contribution >= 0.6 is 24.8 Å². The van der Waals surface area contributed by atoms with Crippen LogP contribution in [0.5, 0.6) is 0 Å². The molecule has 2 rings (SSSR count). The van der Waals surface area contributed by atoms with Crippen LogP contribution in [-0.4, -0.2) is 54.9 Å². The molecule has 1 atom stereocenters. The largest absolute Gasteiger partial charge is 0.355 e. The number of rotatable bonds is 5. The van der Waals surface area contributed by atoms with Crippen molar-refractivity contribution in [1.29, 1.82) is 0 Å². The zero-order chi connectivity index (χ0) is 15.1. The summed E-state index contributed by atoms with van der Waals surface area (Å²) in [6.45, 7) is 2.57. The van der Waals surface area contributed by atoms with Crippen LogP contribution < -0.4 is 10.6 Å². The van der Waals surface area contributed by atoms with E-state index in [2.05, 4.69) is 15.6 Å². The average Bonchev–Trinajstić information content (AvgIpc) is 2.55. The second-order valence-corrected chi connectivity index (χ2v) is 5.22. The van der Waals surface area contributed by atoms with Gasteiger partial charge in [-0.1, -0.05) is 0 Å². The second-order valence-electron chi connectivity index (χ2n) is 5.22. The molecule has 1 unspecified atom stereocenters. The van der Waals surface area contributed by atoms with Crippen LogP contribution in [0.4, 0.5) is 0 Å². The van der Waals surface area contributed by atoms with Gasteiger partial charge in [0, 0.05) is 44.1 Å². The molecule has 0 radical (unpaired) electrons. The van der Waals surface area contributed by atoms with Gasteiger partial charge in [0.05, 0.1) is 5.92 Å². The van der Waals surface area contributed by atoms with Crippen LogP contribution in [0, 0.1) is 5.92 Å². The lowest BCUT2D eigenvalue weighted by molar-refractivity contribution is -0.126. The molecule has 1 aromatic heterocycles. The minimum Gasteiger partial charge on any atom is -0.355 e. The van der Waals surface area contributed by atoms with E-state index in [1.807, 2.05) is 7.05 Å². The number of piperidine rings is 1. The highest BCUT2D eigenvalue weighted by atomic mass is 35.5. The Bertz CT molecular complexity index is 488. The first kappa shape index (κ1) is 21.6. The van der Waals surface area contributed by atoms with Crippen LogP contribution in [0.15, 0.2) is 24.5 Å². The van der Waals surface area contributed by atoms with E-state index in [4.69, 9.17) is 0 Å². The van der Waals surface area contributed by atoms with Gasteiger partial charge in [0.2, 0.25) is 5.91 Å². The molecule has 23 heavy (non-hydrogen) atoms. The van der Waals surface area contributed by atoms with Gasteiger partial charge in [-0.25, -0.2) is 0 Å². The van der Waals surface area contributed by atoms with Crippen LogP contribution in [-0.2, 0) is 4.79 Å². The van der Waals surface area contributed by atoms with Gasteiger partial charge in [0.25, 0.3) is 5.91 Å². The summed E-state index contributed by atoms with van der Waals surface area (Å²) in [5.41, 5.74) is 0.626. The molecule has 8 heteroatoms. The Kier molecular flexibility index (Phi) is 10.5. The minimum absolute atomic E-state index is 0. The maximum absolute atomic E-state index is 12.4. The highest BCUT2D eigenvalue weighted by Crippen LogP contribution is 2.18. The van der Waals surface area contributed by atoms with Crippen LogP contribution in [0.25, 0.3) is 0 Å². The van der Waals surface area contributed by atoms with E-state index in [0.29, 0.717) is 25.2 Å². The number of amides is 2. The SMILES string of the molecule is CNCCNC(=O)C1CCCN(C(=O)c2ccncc2)C1.Cl.Cl. The number of likely N-dealkylation sites (tertiary alicyclic amines) is 1. The first-order valence-corrected chi connectivity index (χ1v) is 7.34. The van der Waals surface area contributed by atoms with Crippen molar-refractivity contribution < 1.29 is 9.59 Å². The second kappa shape index (κ2) is 11.2. The molecule has 0 bridgehead atoms. The van der Waals surface area contributed by atoms with Crippen molar-refractivity contribution in [3.05, 3.63) is 30.1 Å². The van der Waals surface area contributed by atoms with E-state index in [1.54, 1.807) is 29.4 Å². The highest BCUT2D eigenvalue weighted by molar-refractivity contribution is 5.94. The maximum Gasteiger partial charge on any atom is 0.253 e. The van der Waals surface area contributed by atoms with Crippen molar-refractivity contribution >= 4 is 36.6 Å². The summed E-state index contributed by atoms with van der Waals surface area (Å²) >= 11 is 0. The summed E-state index contributed by atoms with van der Waals surface area (Å²) in [5, 5.41) is 5.89. The summed E-state index contributed by atoms with van der Waals surface area (Å²) in [5.74, 6) is -0.0935. The summed E-state index contributed by atoms with van der Waals surface area (Å²) in [4.78, 5) is 30.2. The average molecular weight is 363 g/mol. The molecule has 1 fully saturated rings. The molecule has 2 N–H and O–H groups in total. The number of pyridine rings is 1. The standard InChI is InChI=1S/C15H22N4O2.2ClH/c1-16-8-9-18-14(20)13-3-2-10-19(11-13)15(21)12-4-6-17-7-5-12;;/h4-7,13,16H,2-3,8-11H2,1H3,(H,18,20);2*1H. The Balaban J connectivity index is 0.00000242. The predicted octanol–water partition coefficient (Wildman–Crippen LogP) is 1.11. The molecule has 0 spiro atoms. The van der Waals surface area contributed by atoms with Crippen molar-refractivity contribution in [3.63, 3.8) is 0 Å². The summed E-state index contributed by atoms with van der Waals surface area (Å²) in [7, 11) is 1.85. The molecule has 0 saturated carbocycles. The third kappa shape index (κ3) is 6.33. The van der Waals surface area contributed by atoms with Gasteiger partial charge in [0.1, 0.15) is 0 Å². The highest BCUT2D eigenvalue weighted by Gasteiger charge is 2.28. The van der Waals surface area contributed by atoms with Gasteiger partial charge in [-0.3, -0.25) is 14.6 Å². The summed E-state index contributed by atoms with van der Waals surface area (Å²) in [6, 6.07) is 3.41. The lowest BCUT2D eigenvalue weighted by atomic mass is 9.96. The summed E-state index contributed by atoms with van der Waals surface area (Å²) in [6.07, 6.45) is 4.92. The Morgan fingerprint density at radius 2 is 1.96 bits per heavy atom. The van der Waals surface area contributed by atoms with E-state index in [0.717, 1.165) is 19.4 Å². The fourth-order valence-electron chi connectivity index (χ4n) is 2.51. The molecule has 1 saturated heterocycles.